The zero-order valence-corrected chi connectivity index (χ0v) is 13.8. The molecule has 0 aromatic heterocycles. The lowest BCUT2D eigenvalue weighted by Crippen LogP contribution is -2.47. The highest BCUT2D eigenvalue weighted by molar-refractivity contribution is 5.87. The van der Waals surface area contributed by atoms with E-state index in [9.17, 15) is 9.59 Å². The first-order valence-corrected chi connectivity index (χ1v) is 7.80. The van der Waals surface area contributed by atoms with Gasteiger partial charge in [-0.1, -0.05) is 13.8 Å². The fourth-order valence-electron chi connectivity index (χ4n) is 1.98. The van der Waals surface area contributed by atoms with Gasteiger partial charge in [-0.2, -0.15) is 0 Å². The van der Waals surface area contributed by atoms with Gasteiger partial charge in [0.1, 0.15) is 12.4 Å². The molecule has 1 aromatic carbocycles. The Morgan fingerprint density at radius 3 is 2.75 bits per heavy atom. The van der Waals surface area contributed by atoms with Crippen molar-refractivity contribution < 1.29 is 23.8 Å². The summed E-state index contributed by atoms with van der Waals surface area (Å²) in [6, 6.07) is 4.65. The summed E-state index contributed by atoms with van der Waals surface area (Å²) in [6.45, 7) is 4.41. The number of carbonyl (C=O) groups is 2. The van der Waals surface area contributed by atoms with Crippen LogP contribution in [0.25, 0.3) is 0 Å². The highest BCUT2D eigenvalue weighted by atomic mass is 16.7. The van der Waals surface area contributed by atoms with E-state index >= 15 is 0 Å². The minimum atomic E-state index is -0.618. The molecule has 1 aromatic rings. The quantitative estimate of drug-likeness (QED) is 0.576. The molecular formula is C16H23N3O5. The van der Waals surface area contributed by atoms with E-state index in [0.29, 0.717) is 30.4 Å². The van der Waals surface area contributed by atoms with E-state index in [1.807, 2.05) is 13.8 Å². The Bertz CT molecular complexity index is 591. The predicted octanol–water partition coefficient (Wildman–Crippen LogP) is 0.00980. The normalized spacial score (nSPS) is 13.5. The van der Waals surface area contributed by atoms with Gasteiger partial charge >= 0.3 is 0 Å². The van der Waals surface area contributed by atoms with Crippen molar-refractivity contribution >= 4 is 11.8 Å². The van der Waals surface area contributed by atoms with Crippen molar-refractivity contribution in [2.45, 2.75) is 19.9 Å². The molecule has 0 spiro atoms. The van der Waals surface area contributed by atoms with E-state index in [0.717, 1.165) is 0 Å². The standard InChI is InChI=1S/C16H23N3O5/c1-10(2)15(17)16(21)19-8-14(20)18-5-6-22-11-3-4-12-13(7-11)24-9-23-12/h3-4,7,10,15H,5-6,8-9,17H2,1-2H3,(H,18,20)(H,19,21)/t15-/m0/s1. The van der Waals surface area contributed by atoms with E-state index in [1.165, 1.54) is 0 Å². The lowest BCUT2D eigenvalue weighted by atomic mass is 10.1. The van der Waals surface area contributed by atoms with Crippen molar-refractivity contribution in [3.63, 3.8) is 0 Å². The molecule has 2 amide bonds. The molecule has 1 atom stereocenters. The molecular weight excluding hydrogens is 314 g/mol. The monoisotopic (exact) mass is 337 g/mol. The van der Waals surface area contributed by atoms with E-state index in [1.54, 1.807) is 18.2 Å². The summed E-state index contributed by atoms with van der Waals surface area (Å²) in [5.74, 6) is 1.34. The summed E-state index contributed by atoms with van der Waals surface area (Å²) in [7, 11) is 0. The minimum Gasteiger partial charge on any atom is -0.492 e. The van der Waals surface area contributed by atoms with Crippen LogP contribution in [0, 0.1) is 5.92 Å². The van der Waals surface area contributed by atoms with Crippen LogP contribution in [0.2, 0.25) is 0 Å². The van der Waals surface area contributed by atoms with Crippen molar-refractivity contribution in [2.24, 2.45) is 11.7 Å². The zero-order chi connectivity index (χ0) is 17.5. The number of hydrogen-bond acceptors (Lipinski definition) is 6. The van der Waals surface area contributed by atoms with Gasteiger partial charge in [-0.25, -0.2) is 0 Å². The maximum Gasteiger partial charge on any atom is 0.239 e. The van der Waals surface area contributed by atoms with Crippen LogP contribution in [0.15, 0.2) is 18.2 Å². The minimum absolute atomic E-state index is 0.0168. The molecule has 0 saturated carbocycles. The van der Waals surface area contributed by atoms with Crippen LogP contribution < -0.4 is 30.6 Å². The molecule has 0 aliphatic carbocycles. The topological polar surface area (TPSA) is 112 Å². The third kappa shape index (κ3) is 5.02. The number of nitrogens with two attached hydrogens (primary N) is 1. The summed E-state index contributed by atoms with van der Waals surface area (Å²) < 4.78 is 16.0. The van der Waals surface area contributed by atoms with Crippen LogP contribution in [-0.4, -0.2) is 44.3 Å². The van der Waals surface area contributed by atoms with Gasteiger partial charge in [0.15, 0.2) is 11.5 Å². The van der Waals surface area contributed by atoms with Gasteiger partial charge < -0.3 is 30.6 Å². The Kier molecular flexibility index (Phi) is 6.25. The maximum absolute atomic E-state index is 11.6. The Morgan fingerprint density at radius 2 is 2.00 bits per heavy atom. The lowest BCUT2D eigenvalue weighted by Gasteiger charge is -2.15. The van der Waals surface area contributed by atoms with Crippen molar-refractivity contribution in [1.29, 1.82) is 0 Å². The van der Waals surface area contributed by atoms with Gasteiger partial charge in [0.2, 0.25) is 18.6 Å². The van der Waals surface area contributed by atoms with Crippen molar-refractivity contribution in [1.82, 2.24) is 10.6 Å². The van der Waals surface area contributed by atoms with E-state index in [-0.39, 0.29) is 31.1 Å². The van der Waals surface area contributed by atoms with Crippen LogP contribution in [0.4, 0.5) is 0 Å². The zero-order valence-electron chi connectivity index (χ0n) is 13.8. The van der Waals surface area contributed by atoms with Gasteiger partial charge in [0.05, 0.1) is 19.1 Å². The molecule has 2 rings (SSSR count). The molecule has 4 N–H and O–H groups in total. The van der Waals surface area contributed by atoms with Gasteiger partial charge in [0, 0.05) is 6.07 Å². The summed E-state index contributed by atoms with van der Waals surface area (Å²) in [5, 5.41) is 5.16. The molecule has 8 heteroatoms. The van der Waals surface area contributed by atoms with E-state index < -0.39 is 6.04 Å². The summed E-state index contributed by atoms with van der Waals surface area (Å²) in [6.07, 6.45) is 0. The predicted molar refractivity (Wildman–Crippen MR) is 86.9 cm³/mol. The van der Waals surface area contributed by atoms with Crippen LogP contribution in [0.5, 0.6) is 17.2 Å². The number of rotatable bonds is 8. The van der Waals surface area contributed by atoms with Crippen molar-refractivity contribution in [2.75, 3.05) is 26.5 Å². The number of ether oxygens (including phenoxy) is 3. The Labute approximate surface area is 140 Å². The van der Waals surface area contributed by atoms with Crippen LogP contribution in [0.1, 0.15) is 13.8 Å². The molecule has 0 fully saturated rings. The van der Waals surface area contributed by atoms with Crippen LogP contribution in [-0.2, 0) is 9.59 Å². The largest absolute Gasteiger partial charge is 0.492 e. The number of carbonyl (C=O) groups excluding carboxylic acids is 2. The van der Waals surface area contributed by atoms with Gasteiger partial charge in [-0.15, -0.1) is 0 Å². The molecule has 132 valence electrons. The number of hydrogen-bond donors (Lipinski definition) is 3. The second kappa shape index (κ2) is 8.39. The number of benzene rings is 1. The second-order valence-corrected chi connectivity index (χ2v) is 5.70. The molecule has 8 nitrogen and oxygen atoms in total. The lowest BCUT2D eigenvalue weighted by molar-refractivity contribution is -0.127. The van der Waals surface area contributed by atoms with Crippen LogP contribution >= 0.6 is 0 Å². The molecule has 1 heterocycles. The number of amides is 2. The number of fused-ring (bicyclic) bond motifs is 1. The summed E-state index contributed by atoms with van der Waals surface area (Å²) in [5.41, 5.74) is 5.69. The summed E-state index contributed by atoms with van der Waals surface area (Å²) in [4.78, 5) is 23.3. The molecule has 0 bridgehead atoms. The third-order valence-corrected chi connectivity index (χ3v) is 3.48. The van der Waals surface area contributed by atoms with Gasteiger partial charge in [0.25, 0.3) is 0 Å². The fraction of sp³-hybridized carbons (Fsp3) is 0.500. The molecule has 0 saturated heterocycles. The molecule has 1 aliphatic rings. The van der Waals surface area contributed by atoms with Gasteiger partial charge in [-0.3, -0.25) is 9.59 Å². The number of nitrogens with one attached hydrogen (secondary N) is 2. The summed E-state index contributed by atoms with van der Waals surface area (Å²) >= 11 is 0. The second-order valence-electron chi connectivity index (χ2n) is 5.70. The van der Waals surface area contributed by atoms with Crippen molar-refractivity contribution in [3.8, 4) is 17.2 Å². The third-order valence-electron chi connectivity index (χ3n) is 3.48. The first kappa shape index (κ1) is 17.9. The highest BCUT2D eigenvalue weighted by Crippen LogP contribution is 2.34. The first-order chi connectivity index (χ1) is 11.5. The highest BCUT2D eigenvalue weighted by Gasteiger charge is 2.17. The van der Waals surface area contributed by atoms with Gasteiger partial charge in [-0.05, 0) is 18.1 Å². The SMILES string of the molecule is CC(C)[C@H](N)C(=O)NCC(=O)NCCOc1ccc2c(c1)OCO2. The Hall–Kier alpha value is -2.48. The Balaban J connectivity index is 1.62. The molecule has 0 radical (unpaired) electrons. The van der Waals surface area contributed by atoms with E-state index in [2.05, 4.69) is 10.6 Å². The van der Waals surface area contributed by atoms with Crippen molar-refractivity contribution in [3.05, 3.63) is 18.2 Å². The maximum atomic E-state index is 11.6. The van der Waals surface area contributed by atoms with E-state index in [4.69, 9.17) is 19.9 Å². The fourth-order valence-corrected chi connectivity index (χ4v) is 1.98. The Morgan fingerprint density at radius 1 is 1.25 bits per heavy atom. The smallest absolute Gasteiger partial charge is 0.239 e. The first-order valence-electron chi connectivity index (χ1n) is 7.80. The molecule has 1 aliphatic heterocycles. The molecule has 24 heavy (non-hydrogen) atoms. The average Bonchev–Trinajstić information content (AvgIpc) is 3.03. The van der Waals surface area contributed by atoms with Crippen LogP contribution in [0.3, 0.4) is 0 Å². The molecule has 0 unspecified atom stereocenters. The average molecular weight is 337 g/mol.